The normalized spacial score (nSPS) is 13.2. The molecule has 3 rings (SSSR count). The molecule has 112 valence electrons. The highest BCUT2D eigenvalue weighted by Crippen LogP contribution is 2.30. The molecule has 1 aliphatic heterocycles. The Labute approximate surface area is 137 Å². The van der Waals surface area contributed by atoms with E-state index in [1.165, 1.54) is 6.07 Å². The van der Waals surface area contributed by atoms with Crippen molar-refractivity contribution in [2.24, 2.45) is 0 Å². The molecule has 2 aromatic rings. The van der Waals surface area contributed by atoms with Gasteiger partial charge in [0.2, 0.25) is 5.91 Å². The highest BCUT2D eigenvalue weighted by Gasteiger charge is 2.24. The standard InChI is InChI=1S/C16H12Cl2N2O2/c1-20-14-5-3-11(6-10(14)8-15(20)21)19-16(22)9-2-4-12(17)13(18)7-9/h2-7H,8H2,1H3,(H,19,22). The lowest BCUT2D eigenvalue weighted by Crippen LogP contribution is -2.20. The summed E-state index contributed by atoms with van der Waals surface area (Å²) in [5.41, 5.74) is 2.83. The maximum atomic E-state index is 12.2. The third-order valence-corrected chi connectivity index (χ3v) is 4.34. The Bertz CT molecular complexity index is 790. The van der Waals surface area contributed by atoms with Crippen molar-refractivity contribution in [3.8, 4) is 0 Å². The van der Waals surface area contributed by atoms with Crippen LogP contribution in [0.1, 0.15) is 15.9 Å². The number of rotatable bonds is 2. The SMILES string of the molecule is CN1C(=O)Cc2cc(NC(=O)c3ccc(Cl)c(Cl)c3)ccc21. The topological polar surface area (TPSA) is 49.4 Å². The molecule has 0 unspecified atom stereocenters. The molecule has 6 heteroatoms. The number of halogens is 2. The average molecular weight is 335 g/mol. The molecule has 0 atom stereocenters. The van der Waals surface area contributed by atoms with E-state index in [0.29, 0.717) is 27.7 Å². The van der Waals surface area contributed by atoms with Crippen LogP contribution in [0.15, 0.2) is 36.4 Å². The zero-order valence-electron chi connectivity index (χ0n) is 11.7. The lowest BCUT2D eigenvalue weighted by molar-refractivity contribution is -0.117. The van der Waals surface area contributed by atoms with E-state index in [9.17, 15) is 9.59 Å². The number of carbonyl (C=O) groups excluding carboxylic acids is 2. The third-order valence-electron chi connectivity index (χ3n) is 3.60. The quantitative estimate of drug-likeness (QED) is 0.908. The van der Waals surface area contributed by atoms with Gasteiger partial charge in [0.1, 0.15) is 0 Å². The van der Waals surface area contributed by atoms with Crippen LogP contribution in [0.3, 0.4) is 0 Å². The molecule has 0 fully saturated rings. The summed E-state index contributed by atoms with van der Waals surface area (Å²) >= 11 is 11.8. The fourth-order valence-electron chi connectivity index (χ4n) is 2.39. The van der Waals surface area contributed by atoms with Crippen LogP contribution < -0.4 is 10.2 Å². The number of nitrogens with zero attached hydrogens (tertiary/aromatic N) is 1. The first kappa shape index (κ1) is 14.9. The van der Waals surface area contributed by atoms with Crippen LogP contribution in [0.5, 0.6) is 0 Å². The Hall–Kier alpha value is -2.04. The monoisotopic (exact) mass is 334 g/mol. The lowest BCUT2D eigenvalue weighted by Gasteiger charge is -2.11. The second-order valence-corrected chi connectivity index (χ2v) is 5.87. The van der Waals surface area contributed by atoms with Crippen LogP contribution in [0.25, 0.3) is 0 Å². The van der Waals surface area contributed by atoms with Gasteiger partial charge >= 0.3 is 0 Å². The molecular weight excluding hydrogens is 323 g/mol. The summed E-state index contributed by atoms with van der Waals surface area (Å²) < 4.78 is 0. The molecule has 1 N–H and O–H groups in total. The van der Waals surface area contributed by atoms with Crippen LogP contribution >= 0.6 is 23.2 Å². The van der Waals surface area contributed by atoms with Gasteiger partial charge < -0.3 is 10.2 Å². The van der Waals surface area contributed by atoms with Crippen molar-refractivity contribution in [1.82, 2.24) is 0 Å². The van der Waals surface area contributed by atoms with Crippen LogP contribution in [-0.2, 0) is 11.2 Å². The maximum absolute atomic E-state index is 12.2. The van der Waals surface area contributed by atoms with E-state index in [2.05, 4.69) is 5.32 Å². The minimum Gasteiger partial charge on any atom is -0.322 e. The van der Waals surface area contributed by atoms with Gasteiger partial charge in [-0.25, -0.2) is 0 Å². The summed E-state index contributed by atoms with van der Waals surface area (Å²) in [5, 5.41) is 3.52. The van der Waals surface area contributed by atoms with Gasteiger partial charge in [0.15, 0.2) is 0 Å². The zero-order chi connectivity index (χ0) is 15.9. The number of hydrogen-bond acceptors (Lipinski definition) is 2. The molecule has 22 heavy (non-hydrogen) atoms. The van der Waals surface area contributed by atoms with E-state index in [-0.39, 0.29) is 11.8 Å². The summed E-state index contributed by atoms with van der Waals surface area (Å²) in [6.07, 6.45) is 0.350. The van der Waals surface area contributed by atoms with Crippen LogP contribution in [0, 0.1) is 0 Å². The van der Waals surface area contributed by atoms with Crippen molar-refractivity contribution in [3.63, 3.8) is 0 Å². The first-order valence-electron chi connectivity index (χ1n) is 6.61. The largest absolute Gasteiger partial charge is 0.322 e. The van der Waals surface area contributed by atoms with E-state index >= 15 is 0 Å². The lowest BCUT2D eigenvalue weighted by atomic mass is 10.1. The molecule has 0 radical (unpaired) electrons. The molecular formula is C16H12Cl2N2O2. The Morgan fingerprint density at radius 2 is 1.91 bits per heavy atom. The van der Waals surface area contributed by atoms with Gasteiger partial charge in [-0.2, -0.15) is 0 Å². The van der Waals surface area contributed by atoms with Crippen molar-refractivity contribution in [2.75, 3.05) is 17.3 Å². The Morgan fingerprint density at radius 3 is 2.64 bits per heavy atom. The van der Waals surface area contributed by atoms with E-state index < -0.39 is 0 Å². The number of benzene rings is 2. The molecule has 0 spiro atoms. The Kier molecular flexibility index (Phi) is 3.81. The molecule has 0 saturated carbocycles. The number of carbonyl (C=O) groups is 2. The molecule has 2 amide bonds. The van der Waals surface area contributed by atoms with Crippen LogP contribution in [-0.4, -0.2) is 18.9 Å². The minimum absolute atomic E-state index is 0.0444. The molecule has 0 aliphatic carbocycles. The highest BCUT2D eigenvalue weighted by atomic mass is 35.5. The van der Waals surface area contributed by atoms with Crippen LogP contribution in [0.4, 0.5) is 11.4 Å². The van der Waals surface area contributed by atoms with Crippen molar-refractivity contribution < 1.29 is 9.59 Å². The van der Waals surface area contributed by atoms with Crippen molar-refractivity contribution in [3.05, 3.63) is 57.6 Å². The zero-order valence-corrected chi connectivity index (χ0v) is 13.2. The number of fused-ring (bicyclic) bond motifs is 1. The fraction of sp³-hybridized carbons (Fsp3) is 0.125. The number of anilines is 2. The summed E-state index contributed by atoms with van der Waals surface area (Å²) in [6, 6.07) is 10.1. The number of likely N-dealkylation sites (N-methyl/N-ethyl adjacent to an activating group) is 1. The number of hydrogen-bond donors (Lipinski definition) is 1. The summed E-state index contributed by atoms with van der Waals surface area (Å²) in [7, 11) is 1.74. The predicted molar refractivity (Wildman–Crippen MR) is 88.0 cm³/mol. The van der Waals surface area contributed by atoms with Gasteiger partial charge in [-0.1, -0.05) is 23.2 Å². The van der Waals surface area contributed by atoms with E-state index in [0.717, 1.165) is 11.3 Å². The van der Waals surface area contributed by atoms with Gasteiger partial charge in [-0.05, 0) is 42.0 Å². The molecule has 4 nitrogen and oxygen atoms in total. The second-order valence-electron chi connectivity index (χ2n) is 5.06. The predicted octanol–water partition coefficient (Wildman–Crippen LogP) is 3.76. The first-order valence-corrected chi connectivity index (χ1v) is 7.37. The van der Waals surface area contributed by atoms with Crippen molar-refractivity contribution in [1.29, 1.82) is 0 Å². The fourth-order valence-corrected chi connectivity index (χ4v) is 2.69. The smallest absolute Gasteiger partial charge is 0.255 e. The molecule has 1 aliphatic rings. The number of amides is 2. The van der Waals surface area contributed by atoms with Gasteiger partial charge in [0, 0.05) is 24.0 Å². The van der Waals surface area contributed by atoms with Gasteiger partial charge in [-0.15, -0.1) is 0 Å². The second kappa shape index (κ2) is 5.63. The Morgan fingerprint density at radius 1 is 1.14 bits per heavy atom. The minimum atomic E-state index is -0.281. The maximum Gasteiger partial charge on any atom is 0.255 e. The Balaban J connectivity index is 1.82. The van der Waals surface area contributed by atoms with Gasteiger partial charge in [-0.3, -0.25) is 9.59 Å². The van der Waals surface area contributed by atoms with Crippen molar-refractivity contribution >= 4 is 46.4 Å². The molecule has 0 saturated heterocycles. The van der Waals surface area contributed by atoms with Gasteiger partial charge in [0.05, 0.1) is 16.5 Å². The van der Waals surface area contributed by atoms with Crippen molar-refractivity contribution in [2.45, 2.75) is 6.42 Å². The summed E-state index contributed by atoms with van der Waals surface area (Å²) in [5.74, 6) is -0.237. The number of nitrogens with one attached hydrogen (secondary N) is 1. The summed E-state index contributed by atoms with van der Waals surface area (Å²) in [4.78, 5) is 25.5. The van der Waals surface area contributed by atoms with Crippen LogP contribution in [0.2, 0.25) is 10.0 Å². The molecule has 2 aromatic carbocycles. The van der Waals surface area contributed by atoms with E-state index in [4.69, 9.17) is 23.2 Å². The molecule has 0 bridgehead atoms. The van der Waals surface area contributed by atoms with E-state index in [1.807, 2.05) is 12.1 Å². The molecule has 1 heterocycles. The highest BCUT2D eigenvalue weighted by molar-refractivity contribution is 6.42. The third kappa shape index (κ3) is 2.67. The summed E-state index contributed by atoms with van der Waals surface area (Å²) in [6.45, 7) is 0. The molecule has 0 aromatic heterocycles. The average Bonchev–Trinajstić information content (AvgIpc) is 2.76. The van der Waals surface area contributed by atoms with E-state index in [1.54, 1.807) is 30.1 Å². The van der Waals surface area contributed by atoms with Gasteiger partial charge in [0.25, 0.3) is 5.91 Å². The first-order chi connectivity index (χ1) is 10.5.